The minimum atomic E-state index is -0.545. The zero-order valence-electron chi connectivity index (χ0n) is 13.2. The molecule has 2 heterocycles. The van der Waals surface area contributed by atoms with Crippen molar-refractivity contribution in [1.29, 1.82) is 0 Å². The first-order valence-corrected chi connectivity index (χ1v) is 7.44. The van der Waals surface area contributed by atoms with Gasteiger partial charge in [-0.1, -0.05) is 12.2 Å². The maximum Gasteiger partial charge on any atom is 0.412 e. The molecule has 2 rings (SSSR count). The maximum absolute atomic E-state index is 11.8. The van der Waals surface area contributed by atoms with Gasteiger partial charge in [-0.05, 0) is 39.8 Å². The SMILES string of the molecule is CC(C)(C)OC(=O)Nc1ccnc(C2(C)COCC(=S)N2)c1. The van der Waals surface area contributed by atoms with Gasteiger partial charge < -0.3 is 14.8 Å². The molecular weight excluding hydrogens is 302 g/mol. The molecule has 6 nitrogen and oxygen atoms in total. The van der Waals surface area contributed by atoms with Gasteiger partial charge in [-0.3, -0.25) is 10.3 Å². The second kappa shape index (κ2) is 6.18. The number of hydrogen-bond acceptors (Lipinski definition) is 5. The lowest BCUT2D eigenvalue weighted by atomic mass is 9.96. The van der Waals surface area contributed by atoms with Crippen molar-refractivity contribution >= 4 is 29.0 Å². The average Bonchev–Trinajstić information content (AvgIpc) is 2.36. The van der Waals surface area contributed by atoms with Crippen molar-refractivity contribution in [1.82, 2.24) is 10.3 Å². The van der Waals surface area contributed by atoms with Crippen molar-refractivity contribution in [2.45, 2.75) is 38.8 Å². The Balaban J connectivity index is 2.13. The standard InChI is InChI=1S/C15H21N3O3S/c1-14(2,3)21-13(19)17-10-5-6-16-11(7-10)15(4)9-20-8-12(22)18-15/h5-7H,8-9H2,1-4H3,(H,18,22)(H,16,17,19). The molecule has 22 heavy (non-hydrogen) atoms. The third kappa shape index (κ3) is 4.38. The lowest BCUT2D eigenvalue weighted by Crippen LogP contribution is -2.52. The number of carbonyl (C=O) groups is 1. The fourth-order valence-corrected chi connectivity index (χ4v) is 2.41. The number of nitrogens with zero attached hydrogens (tertiary/aromatic N) is 1. The summed E-state index contributed by atoms with van der Waals surface area (Å²) in [7, 11) is 0. The van der Waals surface area contributed by atoms with Gasteiger partial charge in [0.25, 0.3) is 0 Å². The molecule has 1 fully saturated rings. The van der Waals surface area contributed by atoms with Gasteiger partial charge in [-0.2, -0.15) is 0 Å². The van der Waals surface area contributed by atoms with Gasteiger partial charge in [0.2, 0.25) is 0 Å². The van der Waals surface area contributed by atoms with Crippen LogP contribution in [-0.4, -0.2) is 34.9 Å². The van der Waals surface area contributed by atoms with E-state index < -0.39 is 17.2 Å². The number of carbonyl (C=O) groups excluding carboxylic acids is 1. The van der Waals surface area contributed by atoms with E-state index in [1.807, 2.05) is 27.7 Å². The van der Waals surface area contributed by atoms with E-state index in [1.54, 1.807) is 18.3 Å². The normalized spacial score (nSPS) is 21.9. The summed E-state index contributed by atoms with van der Waals surface area (Å²) in [4.78, 5) is 16.8. The van der Waals surface area contributed by atoms with Crippen LogP contribution in [0.1, 0.15) is 33.4 Å². The van der Waals surface area contributed by atoms with Gasteiger partial charge in [0, 0.05) is 11.9 Å². The number of pyridine rings is 1. The van der Waals surface area contributed by atoms with Gasteiger partial charge >= 0.3 is 6.09 Å². The van der Waals surface area contributed by atoms with Gasteiger partial charge in [-0.15, -0.1) is 0 Å². The average molecular weight is 323 g/mol. The first-order valence-electron chi connectivity index (χ1n) is 7.03. The minimum Gasteiger partial charge on any atom is -0.444 e. The van der Waals surface area contributed by atoms with Crippen LogP contribution in [0.5, 0.6) is 0 Å². The summed E-state index contributed by atoms with van der Waals surface area (Å²) in [6, 6.07) is 3.49. The van der Waals surface area contributed by atoms with E-state index in [1.165, 1.54) is 0 Å². The van der Waals surface area contributed by atoms with Crippen molar-refractivity contribution in [3.8, 4) is 0 Å². The molecule has 0 spiro atoms. The van der Waals surface area contributed by atoms with Gasteiger partial charge in [-0.25, -0.2) is 4.79 Å². The van der Waals surface area contributed by atoms with Crippen LogP contribution in [0, 0.1) is 0 Å². The summed E-state index contributed by atoms with van der Waals surface area (Å²) in [5, 5.41) is 5.93. The van der Waals surface area contributed by atoms with Gasteiger partial charge in [0.15, 0.2) is 0 Å². The van der Waals surface area contributed by atoms with E-state index in [9.17, 15) is 4.79 Å². The van der Waals surface area contributed by atoms with Gasteiger partial charge in [0.1, 0.15) is 16.1 Å². The monoisotopic (exact) mass is 323 g/mol. The number of thiocarbonyl (C=S) groups is 1. The smallest absolute Gasteiger partial charge is 0.412 e. The maximum atomic E-state index is 11.8. The van der Waals surface area contributed by atoms with E-state index in [2.05, 4.69) is 15.6 Å². The molecule has 7 heteroatoms. The molecule has 1 saturated heterocycles. The fourth-order valence-electron chi connectivity index (χ4n) is 2.10. The third-order valence-corrected chi connectivity index (χ3v) is 3.23. The second-order valence-corrected chi connectivity index (χ2v) is 6.92. The van der Waals surface area contributed by atoms with Crippen LogP contribution in [0.2, 0.25) is 0 Å². The Hall–Kier alpha value is -1.73. The van der Waals surface area contributed by atoms with Gasteiger partial charge in [0.05, 0.1) is 18.9 Å². The van der Waals surface area contributed by atoms with Crippen molar-refractivity contribution in [3.63, 3.8) is 0 Å². The zero-order valence-corrected chi connectivity index (χ0v) is 14.0. The van der Waals surface area contributed by atoms with E-state index in [-0.39, 0.29) is 0 Å². The first-order chi connectivity index (χ1) is 10.2. The lowest BCUT2D eigenvalue weighted by molar-refractivity contribution is 0.0636. The van der Waals surface area contributed by atoms with Crippen molar-refractivity contribution in [2.24, 2.45) is 0 Å². The highest BCUT2D eigenvalue weighted by molar-refractivity contribution is 7.80. The summed E-state index contributed by atoms with van der Waals surface area (Å²) in [6.45, 7) is 8.27. The van der Waals surface area contributed by atoms with Crippen LogP contribution >= 0.6 is 12.2 Å². The van der Waals surface area contributed by atoms with Crippen LogP contribution in [-0.2, 0) is 15.0 Å². The highest BCUT2D eigenvalue weighted by Crippen LogP contribution is 2.24. The molecule has 1 aliphatic rings. The molecule has 1 amide bonds. The summed E-state index contributed by atoms with van der Waals surface area (Å²) < 4.78 is 10.7. The van der Waals surface area contributed by atoms with Crippen molar-refractivity contribution in [2.75, 3.05) is 18.5 Å². The number of nitrogens with one attached hydrogen (secondary N) is 2. The lowest BCUT2D eigenvalue weighted by Gasteiger charge is -2.35. The Morgan fingerprint density at radius 3 is 2.91 bits per heavy atom. The van der Waals surface area contributed by atoms with Crippen molar-refractivity contribution < 1.29 is 14.3 Å². The number of rotatable bonds is 2. The first kappa shape index (κ1) is 16.6. The second-order valence-electron chi connectivity index (χ2n) is 6.43. The predicted molar refractivity (Wildman–Crippen MR) is 88.0 cm³/mol. The van der Waals surface area contributed by atoms with Crippen LogP contribution in [0.3, 0.4) is 0 Å². The summed E-state index contributed by atoms with van der Waals surface area (Å²) in [6.07, 6.45) is 1.13. The molecule has 2 N–H and O–H groups in total. The molecule has 0 radical (unpaired) electrons. The highest BCUT2D eigenvalue weighted by Gasteiger charge is 2.33. The fraction of sp³-hybridized carbons (Fsp3) is 0.533. The molecule has 1 unspecified atom stereocenters. The number of hydrogen-bond donors (Lipinski definition) is 2. The number of morpholine rings is 1. The number of ether oxygens (including phenoxy) is 2. The molecule has 0 aromatic carbocycles. The van der Waals surface area contributed by atoms with E-state index >= 15 is 0 Å². The Morgan fingerprint density at radius 1 is 1.55 bits per heavy atom. The third-order valence-electron chi connectivity index (χ3n) is 3.01. The Morgan fingerprint density at radius 2 is 2.27 bits per heavy atom. The number of amides is 1. The molecule has 1 aliphatic heterocycles. The topological polar surface area (TPSA) is 72.5 Å². The van der Waals surface area contributed by atoms with E-state index in [4.69, 9.17) is 21.7 Å². The predicted octanol–water partition coefficient (Wildman–Crippen LogP) is 2.59. The van der Waals surface area contributed by atoms with Crippen LogP contribution in [0.4, 0.5) is 10.5 Å². The minimum absolute atomic E-state index is 0.417. The number of aromatic nitrogens is 1. The molecular formula is C15H21N3O3S. The summed E-state index contributed by atoms with van der Waals surface area (Å²) in [5.74, 6) is 0. The summed E-state index contributed by atoms with van der Waals surface area (Å²) >= 11 is 5.16. The molecule has 0 bridgehead atoms. The molecule has 120 valence electrons. The van der Waals surface area contributed by atoms with Crippen LogP contribution in [0.25, 0.3) is 0 Å². The largest absolute Gasteiger partial charge is 0.444 e. The Labute approximate surface area is 135 Å². The van der Waals surface area contributed by atoms with E-state index in [0.717, 1.165) is 5.69 Å². The molecule has 1 atom stereocenters. The summed E-state index contributed by atoms with van der Waals surface area (Å²) in [5.41, 5.74) is 0.291. The van der Waals surface area contributed by atoms with E-state index in [0.29, 0.717) is 23.9 Å². The van der Waals surface area contributed by atoms with Crippen LogP contribution < -0.4 is 10.6 Å². The molecule has 0 aliphatic carbocycles. The molecule has 0 saturated carbocycles. The van der Waals surface area contributed by atoms with Crippen LogP contribution in [0.15, 0.2) is 18.3 Å². The Kier molecular flexibility index (Phi) is 4.67. The highest BCUT2D eigenvalue weighted by atomic mass is 32.1. The molecule has 1 aromatic heterocycles. The van der Waals surface area contributed by atoms with Crippen molar-refractivity contribution in [3.05, 3.63) is 24.0 Å². The quantitative estimate of drug-likeness (QED) is 0.815. The Bertz CT molecular complexity index is 586. The number of anilines is 1. The molecule has 1 aromatic rings. The zero-order chi connectivity index (χ0) is 16.4.